The molecule has 0 aromatic carbocycles. The fraction of sp³-hybridized carbons (Fsp3) is 0.720. The zero-order chi connectivity index (χ0) is 21.9. The Kier molecular flexibility index (Phi) is 5.32. The van der Waals surface area contributed by atoms with Gasteiger partial charge in [-0.05, 0) is 69.4 Å². The first-order chi connectivity index (χ1) is 14.0. The molecule has 2 heterocycles. The van der Waals surface area contributed by atoms with E-state index >= 15 is 0 Å². The van der Waals surface area contributed by atoms with Crippen molar-refractivity contribution in [3.05, 3.63) is 35.1 Å². The van der Waals surface area contributed by atoms with Gasteiger partial charge in [0, 0.05) is 23.8 Å². The van der Waals surface area contributed by atoms with Gasteiger partial charge in [0.1, 0.15) is 5.76 Å². The summed E-state index contributed by atoms with van der Waals surface area (Å²) < 4.78 is 11.2. The number of esters is 1. The van der Waals surface area contributed by atoms with Crippen molar-refractivity contribution in [2.24, 2.45) is 22.7 Å². The number of aliphatic hydroxyl groups excluding tert-OH is 1. The Morgan fingerprint density at radius 3 is 2.63 bits per heavy atom. The lowest BCUT2D eigenvalue weighted by Crippen LogP contribution is -2.61. The smallest absolute Gasteiger partial charge is 0.336 e. The van der Waals surface area contributed by atoms with Crippen molar-refractivity contribution in [3.8, 4) is 0 Å². The van der Waals surface area contributed by atoms with E-state index in [1.165, 1.54) is 11.6 Å². The number of cyclic esters (lactones) is 1. The summed E-state index contributed by atoms with van der Waals surface area (Å²) in [6, 6.07) is 0. The molecule has 5 heteroatoms. The number of hydrogen-bond acceptors (Lipinski definition) is 5. The number of rotatable bonds is 4. The number of ether oxygens (including phenoxy) is 2. The maximum Gasteiger partial charge on any atom is 0.336 e. The predicted molar refractivity (Wildman–Crippen MR) is 114 cm³/mol. The van der Waals surface area contributed by atoms with Crippen LogP contribution >= 0.6 is 0 Å². The minimum atomic E-state index is -0.822. The standard InChI is InChI=1S/C25H36O5/c1-15(7-9-17-16(2)13-20(26)29-17)8-10-19-23(3)11-6-12-24(4)21(23)18(30-22(24)27)14-25(19,5)28/h7,9,13,18-19,21-22,27-28H,6,8,10-12,14H2,1-5H3/b15-7+,17-9-/t18-,19+,21+,22?,23+,24+,25+/m0/s1. The summed E-state index contributed by atoms with van der Waals surface area (Å²) in [5, 5.41) is 22.1. The summed E-state index contributed by atoms with van der Waals surface area (Å²) in [7, 11) is 0. The van der Waals surface area contributed by atoms with Crippen LogP contribution in [0.1, 0.15) is 73.1 Å². The highest BCUT2D eigenvalue weighted by molar-refractivity contribution is 5.88. The minimum Gasteiger partial charge on any atom is -0.423 e. The van der Waals surface area contributed by atoms with Crippen LogP contribution in [0.15, 0.2) is 35.1 Å². The largest absolute Gasteiger partial charge is 0.423 e. The molecule has 2 aliphatic heterocycles. The van der Waals surface area contributed by atoms with Crippen LogP contribution in [0.5, 0.6) is 0 Å². The summed E-state index contributed by atoms with van der Waals surface area (Å²) in [6.07, 6.45) is 10.0. The summed E-state index contributed by atoms with van der Waals surface area (Å²) in [4.78, 5) is 11.4. The van der Waals surface area contributed by atoms with Gasteiger partial charge in [-0.15, -0.1) is 0 Å². The SMILES string of the molecule is CC1=CC(=O)O/C1=C\C=C(/C)CC[C@@H]1[C@@]2(C)CCC[C@@]3(C)C(O)O[C@@H](C[C@@]1(C)O)[C@H]23. The minimum absolute atomic E-state index is 0.0596. The Hall–Kier alpha value is -1.43. The Balaban J connectivity index is 1.53. The van der Waals surface area contributed by atoms with Crippen molar-refractivity contribution in [1.82, 2.24) is 0 Å². The zero-order valence-electron chi connectivity index (χ0n) is 18.9. The fourth-order valence-corrected chi connectivity index (χ4v) is 7.20. The van der Waals surface area contributed by atoms with Gasteiger partial charge in [0.25, 0.3) is 0 Å². The molecule has 0 amide bonds. The molecule has 166 valence electrons. The third-order valence-corrected chi connectivity index (χ3v) is 8.53. The highest BCUT2D eigenvalue weighted by atomic mass is 16.6. The van der Waals surface area contributed by atoms with E-state index in [1.807, 2.05) is 26.0 Å². The van der Waals surface area contributed by atoms with E-state index in [-0.39, 0.29) is 34.7 Å². The van der Waals surface area contributed by atoms with E-state index in [9.17, 15) is 15.0 Å². The Bertz CT molecular complexity index is 821. The predicted octanol–water partition coefficient (Wildman–Crippen LogP) is 4.40. The third-order valence-electron chi connectivity index (χ3n) is 8.53. The van der Waals surface area contributed by atoms with Gasteiger partial charge in [-0.2, -0.15) is 0 Å². The van der Waals surface area contributed by atoms with E-state index in [0.29, 0.717) is 12.2 Å². The molecule has 0 aromatic heterocycles. The fourth-order valence-electron chi connectivity index (χ4n) is 7.20. The molecule has 4 aliphatic rings. The van der Waals surface area contributed by atoms with Crippen LogP contribution in [-0.4, -0.2) is 34.2 Å². The molecule has 2 saturated carbocycles. The molecular formula is C25H36O5. The zero-order valence-corrected chi connectivity index (χ0v) is 18.9. The van der Waals surface area contributed by atoms with Crippen molar-refractivity contribution in [2.75, 3.05) is 0 Å². The molecule has 1 unspecified atom stereocenters. The molecule has 5 nitrogen and oxygen atoms in total. The molecule has 0 aromatic rings. The van der Waals surface area contributed by atoms with Crippen LogP contribution in [0.4, 0.5) is 0 Å². The van der Waals surface area contributed by atoms with Gasteiger partial charge in [-0.25, -0.2) is 4.79 Å². The van der Waals surface area contributed by atoms with E-state index in [4.69, 9.17) is 9.47 Å². The molecule has 2 N–H and O–H groups in total. The van der Waals surface area contributed by atoms with Crippen LogP contribution in [0.25, 0.3) is 0 Å². The number of aliphatic hydroxyl groups is 2. The first-order valence-corrected chi connectivity index (χ1v) is 11.3. The van der Waals surface area contributed by atoms with Gasteiger partial charge in [0.2, 0.25) is 0 Å². The molecule has 0 spiro atoms. The lowest BCUT2D eigenvalue weighted by molar-refractivity contribution is -0.182. The maximum atomic E-state index is 11.4. The molecule has 2 aliphatic carbocycles. The van der Waals surface area contributed by atoms with Gasteiger partial charge in [0.15, 0.2) is 6.29 Å². The quantitative estimate of drug-likeness (QED) is 0.664. The van der Waals surface area contributed by atoms with Crippen LogP contribution in [-0.2, 0) is 14.3 Å². The molecule has 4 rings (SSSR count). The topological polar surface area (TPSA) is 76.0 Å². The van der Waals surface area contributed by atoms with Gasteiger partial charge in [-0.1, -0.05) is 31.9 Å². The summed E-state index contributed by atoms with van der Waals surface area (Å²) in [5.74, 6) is 0.712. The number of allylic oxidation sites excluding steroid dienone is 4. The van der Waals surface area contributed by atoms with Crippen LogP contribution < -0.4 is 0 Å². The van der Waals surface area contributed by atoms with Gasteiger partial charge >= 0.3 is 5.97 Å². The van der Waals surface area contributed by atoms with E-state index in [1.54, 1.807) is 0 Å². The van der Waals surface area contributed by atoms with Crippen molar-refractivity contribution >= 4 is 5.97 Å². The molecule has 30 heavy (non-hydrogen) atoms. The third kappa shape index (κ3) is 3.39. The molecule has 0 bridgehead atoms. The second kappa shape index (κ2) is 7.32. The summed E-state index contributed by atoms with van der Waals surface area (Å²) in [5.41, 5.74) is 0.936. The summed E-state index contributed by atoms with van der Waals surface area (Å²) >= 11 is 0. The molecular weight excluding hydrogens is 380 g/mol. The van der Waals surface area contributed by atoms with Gasteiger partial charge < -0.3 is 19.7 Å². The number of hydrogen-bond donors (Lipinski definition) is 2. The monoisotopic (exact) mass is 416 g/mol. The average Bonchev–Trinajstić information content (AvgIpc) is 3.08. The summed E-state index contributed by atoms with van der Waals surface area (Å²) in [6.45, 7) is 10.4. The van der Waals surface area contributed by atoms with Gasteiger partial charge in [0.05, 0.1) is 11.7 Å². The van der Waals surface area contributed by atoms with E-state index < -0.39 is 11.9 Å². The Morgan fingerprint density at radius 2 is 1.97 bits per heavy atom. The Morgan fingerprint density at radius 1 is 1.27 bits per heavy atom. The van der Waals surface area contributed by atoms with Crippen molar-refractivity contribution in [2.45, 2.75) is 91.1 Å². The molecule has 7 atom stereocenters. The first kappa shape index (κ1) is 21.8. The number of carbonyl (C=O) groups excluding carboxylic acids is 1. The molecule has 0 radical (unpaired) electrons. The number of carbonyl (C=O) groups is 1. The highest BCUT2D eigenvalue weighted by Gasteiger charge is 2.68. The van der Waals surface area contributed by atoms with Crippen LogP contribution in [0.2, 0.25) is 0 Å². The Labute approximate surface area is 179 Å². The second-order valence-electron chi connectivity index (χ2n) is 10.8. The normalized spacial score (nSPS) is 47.3. The van der Waals surface area contributed by atoms with Crippen molar-refractivity contribution in [3.63, 3.8) is 0 Å². The van der Waals surface area contributed by atoms with Crippen LogP contribution in [0, 0.1) is 22.7 Å². The highest BCUT2D eigenvalue weighted by Crippen LogP contribution is 2.67. The van der Waals surface area contributed by atoms with Crippen molar-refractivity contribution in [1.29, 1.82) is 0 Å². The average molecular weight is 417 g/mol. The second-order valence-corrected chi connectivity index (χ2v) is 10.8. The van der Waals surface area contributed by atoms with Crippen LogP contribution in [0.3, 0.4) is 0 Å². The van der Waals surface area contributed by atoms with E-state index in [2.05, 4.69) is 20.8 Å². The van der Waals surface area contributed by atoms with E-state index in [0.717, 1.165) is 37.7 Å². The maximum absolute atomic E-state index is 11.4. The van der Waals surface area contributed by atoms with Crippen molar-refractivity contribution < 1.29 is 24.5 Å². The first-order valence-electron chi connectivity index (χ1n) is 11.3. The molecule has 1 saturated heterocycles. The lowest BCUT2D eigenvalue weighted by atomic mass is 9.44. The van der Waals surface area contributed by atoms with Gasteiger partial charge in [-0.3, -0.25) is 0 Å². The lowest BCUT2D eigenvalue weighted by Gasteiger charge is -2.60. The molecule has 3 fully saturated rings.